The molecule has 5 nitrogen and oxygen atoms in total. The van der Waals surface area contributed by atoms with Crippen LogP contribution in [0.5, 0.6) is 0 Å². The number of nitrogens with zero attached hydrogens (tertiary/aromatic N) is 4. The number of hydrogen-bond acceptors (Lipinski definition) is 6. The average molecular weight is 339 g/mol. The molecule has 0 spiro atoms. The minimum atomic E-state index is 0.689. The molecule has 0 atom stereocenters. The summed E-state index contributed by atoms with van der Waals surface area (Å²) in [7, 11) is 0. The van der Waals surface area contributed by atoms with Crippen molar-refractivity contribution in [2.45, 2.75) is 23.5 Å². The van der Waals surface area contributed by atoms with E-state index in [1.165, 1.54) is 22.2 Å². The predicted octanol–water partition coefficient (Wildman–Crippen LogP) is 4.19. The van der Waals surface area contributed by atoms with Gasteiger partial charge in [0.15, 0.2) is 0 Å². The van der Waals surface area contributed by atoms with Gasteiger partial charge in [-0.05, 0) is 23.4 Å². The van der Waals surface area contributed by atoms with Crippen LogP contribution in [0.2, 0.25) is 0 Å². The molecule has 0 amide bonds. The molecule has 23 heavy (non-hydrogen) atoms. The van der Waals surface area contributed by atoms with E-state index in [1.807, 2.05) is 25.1 Å². The fourth-order valence-corrected chi connectivity index (χ4v) is 4.08. The molecule has 7 heteroatoms. The quantitative estimate of drug-likeness (QED) is 0.565. The Hall–Kier alpha value is -2.25. The first-order chi connectivity index (χ1) is 11.3. The lowest BCUT2D eigenvalue weighted by Crippen LogP contribution is -1.84. The molecule has 3 heterocycles. The van der Waals surface area contributed by atoms with Crippen LogP contribution in [0.3, 0.4) is 0 Å². The topological polar surface area (TPSA) is 67.3 Å². The van der Waals surface area contributed by atoms with Crippen molar-refractivity contribution in [1.29, 1.82) is 0 Å². The minimum Gasteiger partial charge on any atom is -0.262 e. The second-order valence-electron chi connectivity index (χ2n) is 4.89. The number of benzene rings is 1. The van der Waals surface area contributed by atoms with Crippen LogP contribution in [-0.2, 0) is 6.42 Å². The van der Waals surface area contributed by atoms with Gasteiger partial charge in [0.25, 0.3) is 0 Å². The van der Waals surface area contributed by atoms with E-state index >= 15 is 0 Å². The lowest BCUT2D eigenvalue weighted by Gasteiger charge is -1.97. The number of aromatic nitrogens is 5. The molecule has 114 valence electrons. The van der Waals surface area contributed by atoms with Gasteiger partial charge in [0, 0.05) is 16.7 Å². The zero-order chi connectivity index (χ0) is 15.6. The Bertz CT molecular complexity index is 945. The Morgan fingerprint density at radius 2 is 2.04 bits per heavy atom. The first-order valence-corrected chi connectivity index (χ1v) is 8.86. The number of H-pyrrole nitrogens is 1. The molecule has 0 unspecified atom stereocenters. The maximum absolute atomic E-state index is 4.44. The SMILES string of the molecule is CCc1nc(Sc2ncnc3sc(-c4ccccc4)cc23)n[nH]1. The highest BCUT2D eigenvalue weighted by Crippen LogP contribution is 2.37. The van der Waals surface area contributed by atoms with Gasteiger partial charge in [-0.1, -0.05) is 37.3 Å². The van der Waals surface area contributed by atoms with E-state index in [0.29, 0.717) is 5.16 Å². The molecule has 0 saturated carbocycles. The normalized spacial score (nSPS) is 11.2. The van der Waals surface area contributed by atoms with E-state index in [-0.39, 0.29) is 0 Å². The van der Waals surface area contributed by atoms with Gasteiger partial charge in [0.05, 0.1) is 0 Å². The number of thiophene rings is 1. The van der Waals surface area contributed by atoms with Crippen molar-refractivity contribution in [1.82, 2.24) is 25.1 Å². The van der Waals surface area contributed by atoms with Crippen LogP contribution in [0.1, 0.15) is 12.7 Å². The zero-order valence-electron chi connectivity index (χ0n) is 12.4. The Kier molecular flexibility index (Phi) is 3.80. The van der Waals surface area contributed by atoms with Crippen LogP contribution in [0.4, 0.5) is 0 Å². The Morgan fingerprint density at radius 3 is 2.83 bits per heavy atom. The summed E-state index contributed by atoms with van der Waals surface area (Å²) < 4.78 is 0. The van der Waals surface area contributed by atoms with Crippen LogP contribution < -0.4 is 0 Å². The lowest BCUT2D eigenvalue weighted by atomic mass is 10.2. The third-order valence-electron chi connectivity index (χ3n) is 3.39. The molecule has 0 aliphatic carbocycles. The highest BCUT2D eigenvalue weighted by molar-refractivity contribution is 7.99. The summed E-state index contributed by atoms with van der Waals surface area (Å²) in [5, 5.41) is 9.78. The van der Waals surface area contributed by atoms with E-state index in [0.717, 1.165) is 27.5 Å². The zero-order valence-corrected chi connectivity index (χ0v) is 14.0. The van der Waals surface area contributed by atoms with E-state index in [2.05, 4.69) is 43.3 Å². The largest absolute Gasteiger partial charge is 0.262 e. The minimum absolute atomic E-state index is 0.689. The first-order valence-electron chi connectivity index (χ1n) is 7.22. The summed E-state index contributed by atoms with van der Waals surface area (Å²) in [6.45, 7) is 2.04. The Balaban J connectivity index is 1.74. The molecule has 0 fully saturated rings. The number of aryl methyl sites for hydroxylation is 1. The number of aromatic amines is 1. The summed E-state index contributed by atoms with van der Waals surface area (Å²) in [5.74, 6) is 0.882. The van der Waals surface area contributed by atoms with Gasteiger partial charge in [-0.15, -0.1) is 16.4 Å². The lowest BCUT2D eigenvalue weighted by molar-refractivity contribution is 0.940. The maximum atomic E-state index is 4.44. The Morgan fingerprint density at radius 1 is 1.17 bits per heavy atom. The molecule has 0 aliphatic rings. The maximum Gasteiger partial charge on any atom is 0.214 e. The average Bonchev–Trinajstić information content (AvgIpc) is 3.22. The molecular weight excluding hydrogens is 326 g/mol. The highest BCUT2D eigenvalue weighted by atomic mass is 32.2. The summed E-state index contributed by atoms with van der Waals surface area (Å²) in [6.07, 6.45) is 2.44. The van der Waals surface area contributed by atoms with Crippen molar-refractivity contribution in [3.63, 3.8) is 0 Å². The first kappa shape index (κ1) is 14.3. The van der Waals surface area contributed by atoms with E-state index in [9.17, 15) is 0 Å². The van der Waals surface area contributed by atoms with Crippen LogP contribution in [0.25, 0.3) is 20.7 Å². The van der Waals surface area contributed by atoms with E-state index in [4.69, 9.17) is 0 Å². The molecule has 4 rings (SSSR count). The van der Waals surface area contributed by atoms with Crippen molar-refractivity contribution in [3.05, 3.63) is 48.5 Å². The summed E-state index contributed by atoms with van der Waals surface area (Å²) in [5.41, 5.74) is 1.19. The van der Waals surface area contributed by atoms with Crippen molar-refractivity contribution >= 4 is 33.3 Å². The van der Waals surface area contributed by atoms with Gasteiger partial charge < -0.3 is 0 Å². The monoisotopic (exact) mass is 339 g/mol. The van der Waals surface area contributed by atoms with Crippen molar-refractivity contribution in [2.75, 3.05) is 0 Å². The van der Waals surface area contributed by atoms with Crippen LogP contribution in [-0.4, -0.2) is 25.1 Å². The third-order valence-corrected chi connectivity index (χ3v) is 5.36. The van der Waals surface area contributed by atoms with Gasteiger partial charge in [-0.2, -0.15) is 0 Å². The number of rotatable bonds is 4. The van der Waals surface area contributed by atoms with Gasteiger partial charge >= 0.3 is 0 Å². The second kappa shape index (κ2) is 6.10. The van der Waals surface area contributed by atoms with Gasteiger partial charge in [0.2, 0.25) is 5.16 Å². The van der Waals surface area contributed by atoms with E-state index < -0.39 is 0 Å². The van der Waals surface area contributed by atoms with Crippen molar-refractivity contribution < 1.29 is 0 Å². The molecular formula is C16H13N5S2. The summed E-state index contributed by atoms with van der Waals surface area (Å²) in [6, 6.07) is 12.5. The number of nitrogens with one attached hydrogen (secondary N) is 1. The van der Waals surface area contributed by atoms with Gasteiger partial charge in [-0.25, -0.2) is 15.0 Å². The molecule has 0 radical (unpaired) electrons. The molecule has 1 aromatic carbocycles. The fourth-order valence-electron chi connectivity index (χ4n) is 2.23. The van der Waals surface area contributed by atoms with Crippen LogP contribution in [0, 0.1) is 0 Å². The number of fused-ring (bicyclic) bond motifs is 1. The van der Waals surface area contributed by atoms with Crippen molar-refractivity contribution in [3.8, 4) is 10.4 Å². The van der Waals surface area contributed by atoms with Gasteiger partial charge in [-0.3, -0.25) is 5.10 Å². The van der Waals surface area contributed by atoms with Crippen LogP contribution >= 0.6 is 23.1 Å². The van der Waals surface area contributed by atoms with Crippen molar-refractivity contribution in [2.24, 2.45) is 0 Å². The number of hydrogen-bond donors (Lipinski definition) is 1. The predicted molar refractivity (Wildman–Crippen MR) is 92.7 cm³/mol. The standard InChI is InChI=1S/C16H13N5S2/c1-2-13-19-16(21-20-13)23-15-11-8-12(10-6-4-3-5-7-10)22-14(11)17-9-18-15/h3-9H,2H2,1H3,(H,19,20,21). The Labute approximate surface area is 141 Å². The molecule has 0 bridgehead atoms. The molecule has 0 aliphatic heterocycles. The highest BCUT2D eigenvalue weighted by Gasteiger charge is 2.13. The van der Waals surface area contributed by atoms with Crippen LogP contribution in [0.15, 0.2) is 52.9 Å². The second-order valence-corrected chi connectivity index (χ2v) is 6.88. The molecule has 1 N–H and O–H groups in total. The fraction of sp³-hybridized carbons (Fsp3) is 0.125. The molecule has 3 aromatic heterocycles. The summed E-state index contributed by atoms with van der Waals surface area (Å²) >= 11 is 3.14. The third kappa shape index (κ3) is 2.85. The summed E-state index contributed by atoms with van der Waals surface area (Å²) in [4.78, 5) is 15.4. The van der Waals surface area contributed by atoms with Gasteiger partial charge in [0.1, 0.15) is 22.0 Å². The van der Waals surface area contributed by atoms with E-state index in [1.54, 1.807) is 17.7 Å². The molecule has 4 aromatic rings. The molecule has 0 saturated heterocycles. The smallest absolute Gasteiger partial charge is 0.214 e.